The molecule has 3 aromatic carbocycles. The lowest BCUT2D eigenvalue weighted by molar-refractivity contribution is -0.216. The normalized spacial score (nSPS) is 23.1. The minimum Gasteiger partial charge on any atom is -0.476 e. The second kappa shape index (κ2) is 12.6. The zero-order valence-corrected chi connectivity index (χ0v) is 30.1. The molecule has 4 fully saturated rings. The molecule has 2 saturated heterocycles. The summed E-state index contributed by atoms with van der Waals surface area (Å²) < 4.78 is 7.53. The van der Waals surface area contributed by atoms with Gasteiger partial charge < -0.3 is 19.6 Å². The Hall–Kier alpha value is -4.93. The number of amides is 1. The number of aromatic nitrogens is 2. The number of anilines is 2. The Morgan fingerprint density at radius 3 is 2.50 bits per heavy atom. The van der Waals surface area contributed by atoms with Crippen LogP contribution in [0.15, 0.2) is 72.8 Å². The molecule has 0 spiro atoms. The standard InChI is InChI=1S/C42H40N4O5S/c1-24-29(8-6-11-34(24)45(2)41(50)42-21-25-17-26(22-42)19-28(18-25)51-42)31-13-14-37(44-39(31)40(48)49)46-16-15-27-7-5-9-30(32(27)23-46)35(47)20-38-43-33-10-3-4-12-36(33)52-38/h3-14,25-26,28H,15-23H2,1-2H3,(H,48,49). The Morgan fingerprint density at radius 2 is 1.73 bits per heavy atom. The average molecular weight is 713 g/mol. The fourth-order valence-electron chi connectivity index (χ4n) is 9.55. The minimum absolute atomic E-state index is 0.0120. The number of carbonyl (C=O) groups excluding carboxylic acids is 2. The smallest absolute Gasteiger partial charge is 0.355 e. The third kappa shape index (κ3) is 5.60. The summed E-state index contributed by atoms with van der Waals surface area (Å²) in [6.45, 7) is 3.01. The maximum Gasteiger partial charge on any atom is 0.355 e. The number of ketones is 1. The highest BCUT2D eigenvalue weighted by molar-refractivity contribution is 7.18. The van der Waals surface area contributed by atoms with Gasteiger partial charge in [0.2, 0.25) is 0 Å². The van der Waals surface area contributed by atoms with Gasteiger partial charge in [-0.15, -0.1) is 11.3 Å². The number of hydrogen-bond acceptors (Lipinski definition) is 8. The van der Waals surface area contributed by atoms with Crippen LogP contribution in [0.4, 0.5) is 11.5 Å². The van der Waals surface area contributed by atoms with Crippen molar-refractivity contribution >= 4 is 50.7 Å². The number of fused-ring (bicyclic) bond motifs is 2. The van der Waals surface area contributed by atoms with Gasteiger partial charge in [0.1, 0.15) is 16.4 Å². The molecule has 10 heteroatoms. The molecule has 264 valence electrons. The predicted molar refractivity (Wildman–Crippen MR) is 201 cm³/mol. The molecule has 3 aliphatic heterocycles. The number of thiazole rings is 1. The molecule has 5 heterocycles. The lowest BCUT2D eigenvalue weighted by Gasteiger charge is -2.56. The third-order valence-electron chi connectivity index (χ3n) is 11.8. The van der Waals surface area contributed by atoms with E-state index in [1.807, 2.05) is 85.6 Å². The number of pyridine rings is 1. The van der Waals surface area contributed by atoms with Gasteiger partial charge in [0.25, 0.3) is 5.91 Å². The van der Waals surface area contributed by atoms with Crippen molar-refractivity contribution in [3.63, 3.8) is 0 Å². The number of nitrogens with zero attached hydrogens (tertiary/aromatic N) is 4. The summed E-state index contributed by atoms with van der Waals surface area (Å²) in [5, 5.41) is 11.2. The van der Waals surface area contributed by atoms with Gasteiger partial charge in [0.05, 0.1) is 22.7 Å². The second-order valence-electron chi connectivity index (χ2n) is 15.1. The monoisotopic (exact) mass is 712 g/mol. The van der Waals surface area contributed by atoms with Gasteiger partial charge in [-0.25, -0.2) is 14.8 Å². The van der Waals surface area contributed by atoms with Crippen molar-refractivity contribution < 1.29 is 24.2 Å². The number of ether oxygens (including phenoxy) is 1. The zero-order valence-electron chi connectivity index (χ0n) is 29.3. The van der Waals surface area contributed by atoms with Gasteiger partial charge >= 0.3 is 5.97 Å². The van der Waals surface area contributed by atoms with Crippen molar-refractivity contribution in [1.82, 2.24) is 9.97 Å². The number of carboxylic acids is 1. The van der Waals surface area contributed by atoms with Crippen molar-refractivity contribution in [3.8, 4) is 11.1 Å². The third-order valence-corrected chi connectivity index (χ3v) is 12.8. The molecule has 52 heavy (non-hydrogen) atoms. The van der Waals surface area contributed by atoms with Gasteiger partial charge in [0.15, 0.2) is 11.5 Å². The van der Waals surface area contributed by atoms with E-state index in [1.165, 1.54) is 6.42 Å². The Labute approximate surface area is 306 Å². The maximum absolute atomic E-state index is 14.1. The van der Waals surface area contributed by atoms with Crippen LogP contribution in [0.5, 0.6) is 0 Å². The second-order valence-corrected chi connectivity index (χ2v) is 16.2. The van der Waals surface area contributed by atoms with E-state index in [2.05, 4.69) is 11.1 Å². The van der Waals surface area contributed by atoms with Gasteiger partial charge in [-0.05, 0) is 110 Å². The van der Waals surface area contributed by atoms with Gasteiger partial charge in [-0.2, -0.15) is 0 Å². The number of hydrogen-bond donors (Lipinski definition) is 1. The van der Waals surface area contributed by atoms with Gasteiger partial charge in [0, 0.05) is 37.0 Å². The Morgan fingerprint density at radius 1 is 0.942 bits per heavy atom. The van der Waals surface area contributed by atoms with Crippen molar-refractivity contribution in [2.75, 3.05) is 23.4 Å². The molecular formula is C42H40N4O5S. The molecule has 1 N–H and O–H groups in total. The molecule has 2 aliphatic carbocycles. The highest BCUT2D eigenvalue weighted by Gasteiger charge is 2.57. The molecule has 9 nitrogen and oxygen atoms in total. The maximum atomic E-state index is 14.1. The van der Waals surface area contributed by atoms with Gasteiger partial charge in [-0.3, -0.25) is 9.59 Å². The lowest BCUT2D eigenvalue weighted by atomic mass is 9.62. The first-order valence-electron chi connectivity index (χ1n) is 18.2. The van der Waals surface area contributed by atoms with E-state index in [0.717, 1.165) is 63.3 Å². The van der Waals surface area contributed by atoms with E-state index in [9.17, 15) is 19.5 Å². The molecule has 2 aromatic heterocycles. The summed E-state index contributed by atoms with van der Waals surface area (Å²) >= 11 is 1.54. The number of rotatable bonds is 8. The quantitative estimate of drug-likeness (QED) is 0.163. The SMILES string of the molecule is Cc1c(-c2ccc(N3CCc4cccc(C(=O)Cc5nc6ccccc6s5)c4C3)nc2C(=O)O)cccc1N(C)C(=O)C12CC3CC(CC(C3)O1)C2. The van der Waals surface area contributed by atoms with Crippen LogP contribution in [-0.2, 0) is 28.9 Å². The molecular weight excluding hydrogens is 673 g/mol. The largest absolute Gasteiger partial charge is 0.476 e. The fourth-order valence-corrected chi connectivity index (χ4v) is 10.5. The van der Waals surface area contributed by atoms with E-state index in [0.29, 0.717) is 53.9 Å². The minimum atomic E-state index is -1.13. The molecule has 10 rings (SSSR count). The summed E-state index contributed by atoms with van der Waals surface area (Å²) in [6.07, 6.45) is 5.95. The summed E-state index contributed by atoms with van der Waals surface area (Å²) in [5.41, 5.74) is 5.56. The van der Waals surface area contributed by atoms with Crippen LogP contribution in [0.25, 0.3) is 21.3 Å². The molecule has 1 amide bonds. The summed E-state index contributed by atoms with van der Waals surface area (Å²) in [7, 11) is 1.81. The number of likely N-dealkylation sites (N-methyl/N-ethyl adjacent to an activating group) is 1. The zero-order chi connectivity index (χ0) is 35.7. The summed E-state index contributed by atoms with van der Waals surface area (Å²) in [5.74, 6) is 0.507. The number of carbonyl (C=O) groups is 3. The van der Waals surface area contributed by atoms with E-state index in [4.69, 9.17) is 9.72 Å². The Balaban J connectivity index is 0.982. The molecule has 4 bridgehead atoms. The van der Waals surface area contributed by atoms with E-state index in [1.54, 1.807) is 16.2 Å². The van der Waals surface area contributed by atoms with Crippen LogP contribution in [0.3, 0.4) is 0 Å². The van der Waals surface area contributed by atoms with Crippen LogP contribution in [-0.4, -0.2) is 58.0 Å². The van der Waals surface area contributed by atoms with Crippen LogP contribution in [0.1, 0.15) is 74.6 Å². The first kappa shape index (κ1) is 32.9. The van der Waals surface area contributed by atoms with Crippen LogP contribution >= 0.6 is 11.3 Å². The molecule has 2 unspecified atom stereocenters. The van der Waals surface area contributed by atoms with Gasteiger partial charge in [-0.1, -0.05) is 42.5 Å². The average Bonchev–Trinajstić information content (AvgIpc) is 3.55. The van der Waals surface area contributed by atoms with Crippen LogP contribution < -0.4 is 9.80 Å². The highest BCUT2D eigenvalue weighted by atomic mass is 32.1. The molecule has 5 aromatic rings. The Kier molecular flexibility index (Phi) is 8.00. The first-order valence-corrected chi connectivity index (χ1v) is 19.0. The van der Waals surface area contributed by atoms with Crippen LogP contribution in [0, 0.1) is 18.8 Å². The number of para-hydroxylation sites is 1. The van der Waals surface area contributed by atoms with E-state index < -0.39 is 11.6 Å². The molecule has 2 saturated carbocycles. The lowest BCUT2D eigenvalue weighted by Crippen LogP contribution is -2.62. The number of benzene rings is 3. The molecule has 0 radical (unpaired) electrons. The topological polar surface area (TPSA) is 113 Å². The highest BCUT2D eigenvalue weighted by Crippen LogP contribution is 2.54. The summed E-state index contributed by atoms with van der Waals surface area (Å²) in [6, 6.07) is 23.1. The first-order chi connectivity index (χ1) is 25.2. The number of Topliss-reactive ketones (excluding diaryl/α,β-unsaturated/α-hetero) is 1. The van der Waals surface area contributed by atoms with Crippen molar-refractivity contribution in [3.05, 3.63) is 106 Å². The Bertz CT molecular complexity index is 2210. The molecule has 2 atom stereocenters. The van der Waals surface area contributed by atoms with Crippen molar-refractivity contribution in [2.24, 2.45) is 11.8 Å². The van der Waals surface area contributed by atoms with E-state index in [-0.39, 0.29) is 29.9 Å². The van der Waals surface area contributed by atoms with Crippen LogP contribution in [0.2, 0.25) is 0 Å². The summed E-state index contributed by atoms with van der Waals surface area (Å²) in [4.78, 5) is 53.8. The van der Waals surface area contributed by atoms with Crippen molar-refractivity contribution in [1.29, 1.82) is 0 Å². The van der Waals surface area contributed by atoms with Crippen molar-refractivity contribution in [2.45, 2.75) is 70.1 Å². The van der Waals surface area contributed by atoms with E-state index >= 15 is 0 Å². The fraction of sp³-hybridized carbons (Fsp3) is 0.357. The number of carboxylic acid groups (broad SMARTS) is 1. The molecule has 5 aliphatic rings. The number of aromatic carboxylic acids is 1. The predicted octanol–water partition coefficient (Wildman–Crippen LogP) is 7.66.